The van der Waals surface area contributed by atoms with Crippen LogP contribution in [-0.4, -0.2) is 53.7 Å². The summed E-state index contributed by atoms with van der Waals surface area (Å²) in [6.45, 7) is 2.90. The fourth-order valence-corrected chi connectivity index (χ4v) is 4.06. The van der Waals surface area contributed by atoms with Crippen molar-refractivity contribution in [3.8, 4) is 23.1 Å². The van der Waals surface area contributed by atoms with Crippen molar-refractivity contribution in [1.29, 1.82) is 0 Å². The van der Waals surface area contributed by atoms with Gasteiger partial charge in [-0.3, -0.25) is 4.98 Å². The summed E-state index contributed by atoms with van der Waals surface area (Å²) in [6.07, 6.45) is 5.58. The zero-order valence-electron chi connectivity index (χ0n) is 18.3. The molecule has 0 bridgehead atoms. The van der Waals surface area contributed by atoms with E-state index >= 15 is 0 Å². The lowest BCUT2D eigenvalue weighted by Gasteiger charge is -2.28. The quantitative estimate of drug-likeness (QED) is 0.439. The molecule has 0 N–H and O–H groups in total. The summed E-state index contributed by atoms with van der Waals surface area (Å²) in [4.78, 5) is 15.5. The number of benzene rings is 2. The smallest absolute Gasteiger partial charge is 0.230 e. The third-order valence-electron chi connectivity index (χ3n) is 5.99. The Balaban J connectivity index is 1.40. The normalized spacial score (nSPS) is 15.2. The van der Waals surface area contributed by atoms with Gasteiger partial charge < -0.3 is 19.1 Å². The van der Waals surface area contributed by atoms with E-state index in [2.05, 4.69) is 26.9 Å². The molecular weight excluding hydrogens is 404 g/mol. The van der Waals surface area contributed by atoms with Gasteiger partial charge in [-0.05, 0) is 69.2 Å². The number of likely N-dealkylation sites (tertiary alicyclic amines) is 1. The van der Waals surface area contributed by atoms with Crippen molar-refractivity contribution in [2.75, 3.05) is 33.9 Å². The van der Waals surface area contributed by atoms with Gasteiger partial charge in [0, 0.05) is 17.6 Å². The van der Waals surface area contributed by atoms with Gasteiger partial charge in [0.05, 0.1) is 30.1 Å². The van der Waals surface area contributed by atoms with Crippen LogP contribution in [0.5, 0.6) is 23.1 Å². The maximum Gasteiger partial charge on any atom is 0.230 e. The summed E-state index contributed by atoms with van der Waals surface area (Å²) in [5, 5.41) is 1.77. The molecule has 0 atom stereocenters. The molecule has 0 spiro atoms. The van der Waals surface area contributed by atoms with Crippen LogP contribution in [0.15, 0.2) is 55.0 Å². The van der Waals surface area contributed by atoms with Gasteiger partial charge in [-0.1, -0.05) is 6.07 Å². The van der Waals surface area contributed by atoms with E-state index in [0.717, 1.165) is 47.7 Å². The van der Waals surface area contributed by atoms with E-state index in [9.17, 15) is 0 Å². The molecule has 3 heterocycles. The van der Waals surface area contributed by atoms with Crippen molar-refractivity contribution >= 4 is 21.8 Å². The molecule has 1 aliphatic heterocycles. The van der Waals surface area contributed by atoms with Crippen molar-refractivity contribution in [1.82, 2.24) is 19.9 Å². The van der Waals surface area contributed by atoms with Crippen molar-refractivity contribution < 1.29 is 14.2 Å². The highest BCUT2D eigenvalue weighted by atomic mass is 16.5. The van der Waals surface area contributed by atoms with Crippen LogP contribution in [0.25, 0.3) is 21.8 Å². The van der Waals surface area contributed by atoms with Crippen molar-refractivity contribution in [2.24, 2.45) is 5.92 Å². The number of piperidine rings is 1. The van der Waals surface area contributed by atoms with Gasteiger partial charge in [-0.2, -0.15) is 0 Å². The average molecular weight is 431 g/mol. The van der Waals surface area contributed by atoms with Gasteiger partial charge in [0.15, 0.2) is 11.5 Å². The number of pyridine rings is 1. The van der Waals surface area contributed by atoms with E-state index in [1.807, 2.05) is 42.5 Å². The second-order valence-corrected chi connectivity index (χ2v) is 8.22. The summed E-state index contributed by atoms with van der Waals surface area (Å²) in [5.74, 6) is 3.05. The predicted molar refractivity (Wildman–Crippen MR) is 124 cm³/mol. The highest BCUT2D eigenvalue weighted by Crippen LogP contribution is 2.36. The molecule has 7 heteroatoms. The van der Waals surface area contributed by atoms with Crippen LogP contribution in [0, 0.1) is 5.92 Å². The van der Waals surface area contributed by atoms with Crippen molar-refractivity contribution in [2.45, 2.75) is 12.8 Å². The predicted octanol–water partition coefficient (Wildman–Crippen LogP) is 4.70. The number of methoxy groups -OCH3 is 1. The maximum atomic E-state index is 6.17. The molecule has 7 nitrogen and oxygen atoms in total. The minimum atomic E-state index is 0.471. The number of rotatable bonds is 6. The van der Waals surface area contributed by atoms with E-state index < -0.39 is 0 Å². The van der Waals surface area contributed by atoms with Crippen LogP contribution in [0.3, 0.4) is 0 Å². The van der Waals surface area contributed by atoms with Crippen LogP contribution in [0.4, 0.5) is 0 Å². The number of nitrogens with zero attached hydrogens (tertiary/aromatic N) is 4. The number of hydrogen-bond acceptors (Lipinski definition) is 7. The lowest BCUT2D eigenvalue weighted by Crippen LogP contribution is -2.32. The van der Waals surface area contributed by atoms with Gasteiger partial charge in [0.2, 0.25) is 5.88 Å². The summed E-state index contributed by atoms with van der Waals surface area (Å²) in [7, 11) is 3.81. The van der Waals surface area contributed by atoms with Crippen LogP contribution >= 0.6 is 0 Å². The maximum absolute atomic E-state index is 6.17. The molecule has 32 heavy (non-hydrogen) atoms. The standard InChI is InChI=1S/C25H26N4O3/c1-29-10-7-17(8-11-29)15-31-24-14-22-20(13-23(24)30-2)25(28-16-27-22)32-19-5-6-21-18(12-19)4-3-9-26-21/h3-6,9,12-14,16-17H,7-8,10-11,15H2,1-2H3. The minimum Gasteiger partial charge on any atom is -0.493 e. The first-order chi connectivity index (χ1) is 15.7. The molecule has 0 amide bonds. The molecule has 2 aromatic carbocycles. The highest BCUT2D eigenvalue weighted by Gasteiger charge is 2.19. The zero-order valence-corrected chi connectivity index (χ0v) is 18.3. The number of fused-ring (bicyclic) bond motifs is 2. The Labute approximate surface area is 187 Å². The molecule has 5 rings (SSSR count). The molecule has 164 valence electrons. The third kappa shape index (κ3) is 4.29. The van der Waals surface area contributed by atoms with E-state index in [4.69, 9.17) is 14.2 Å². The first-order valence-electron chi connectivity index (χ1n) is 10.9. The molecule has 0 unspecified atom stereocenters. The Hall–Kier alpha value is -3.45. The third-order valence-corrected chi connectivity index (χ3v) is 5.99. The molecule has 0 saturated carbocycles. The van der Waals surface area contributed by atoms with Crippen molar-refractivity contribution in [3.05, 3.63) is 55.0 Å². The van der Waals surface area contributed by atoms with Gasteiger partial charge in [-0.25, -0.2) is 9.97 Å². The Kier molecular flexibility index (Phi) is 5.73. The Bertz CT molecular complexity index is 1240. The second-order valence-electron chi connectivity index (χ2n) is 8.22. The SMILES string of the molecule is COc1cc2c(Oc3ccc4ncccc4c3)ncnc2cc1OCC1CCN(C)CC1. The van der Waals surface area contributed by atoms with Crippen LogP contribution in [0.1, 0.15) is 12.8 Å². The fourth-order valence-electron chi connectivity index (χ4n) is 4.06. The van der Waals surface area contributed by atoms with E-state index in [0.29, 0.717) is 35.7 Å². The number of hydrogen-bond donors (Lipinski definition) is 0. The molecule has 1 aliphatic rings. The van der Waals surface area contributed by atoms with Gasteiger partial charge in [0.25, 0.3) is 0 Å². The second kappa shape index (κ2) is 8.96. The summed E-state index contributed by atoms with van der Waals surface area (Å²) in [6, 6.07) is 13.5. The molecule has 1 fully saturated rings. The monoisotopic (exact) mass is 430 g/mol. The lowest BCUT2D eigenvalue weighted by molar-refractivity contribution is 0.157. The highest BCUT2D eigenvalue weighted by molar-refractivity contribution is 5.87. The van der Waals surface area contributed by atoms with Gasteiger partial charge >= 0.3 is 0 Å². The fraction of sp³-hybridized carbons (Fsp3) is 0.320. The van der Waals surface area contributed by atoms with E-state index in [-0.39, 0.29) is 0 Å². The van der Waals surface area contributed by atoms with E-state index in [1.165, 1.54) is 6.33 Å². The Morgan fingerprint density at radius 1 is 0.969 bits per heavy atom. The first-order valence-corrected chi connectivity index (χ1v) is 10.9. The number of ether oxygens (including phenoxy) is 3. The molecule has 0 aliphatic carbocycles. The topological polar surface area (TPSA) is 69.6 Å². The van der Waals surface area contributed by atoms with Gasteiger partial charge in [0.1, 0.15) is 12.1 Å². The first kappa shape index (κ1) is 20.5. The van der Waals surface area contributed by atoms with Crippen LogP contribution < -0.4 is 14.2 Å². The minimum absolute atomic E-state index is 0.471. The van der Waals surface area contributed by atoms with Crippen LogP contribution in [0.2, 0.25) is 0 Å². The Morgan fingerprint density at radius 2 is 1.84 bits per heavy atom. The van der Waals surface area contributed by atoms with Gasteiger partial charge in [-0.15, -0.1) is 0 Å². The zero-order chi connectivity index (χ0) is 21.9. The number of aromatic nitrogens is 3. The molecule has 2 aromatic heterocycles. The lowest BCUT2D eigenvalue weighted by atomic mass is 9.98. The summed E-state index contributed by atoms with van der Waals surface area (Å²) >= 11 is 0. The Morgan fingerprint density at radius 3 is 2.69 bits per heavy atom. The summed E-state index contributed by atoms with van der Waals surface area (Å²) < 4.78 is 17.9. The van der Waals surface area contributed by atoms with E-state index in [1.54, 1.807) is 13.3 Å². The average Bonchev–Trinajstić information content (AvgIpc) is 2.83. The molecule has 0 radical (unpaired) electrons. The summed E-state index contributed by atoms with van der Waals surface area (Å²) in [5.41, 5.74) is 1.66. The largest absolute Gasteiger partial charge is 0.493 e. The molecule has 1 saturated heterocycles. The van der Waals surface area contributed by atoms with Crippen LogP contribution in [-0.2, 0) is 0 Å². The van der Waals surface area contributed by atoms with Crippen molar-refractivity contribution in [3.63, 3.8) is 0 Å². The molecular formula is C25H26N4O3. The molecule has 4 aromatic rings.